The Bertz CT molecular complexity index is 1240. The Kier molecular flexibility index (Phi) is 10.8. The summed E-state index contributed by atoms with van der Waals surface area (Å²) >= 11 is 0. The van der Waals surface area contributed by atoms with Gasteiger partial charge >= 0.3 is 0 Å². The first kappa shape index (κ1) is 29.8. The van der Waals surface area contributed by atoms with E-state index < -0.39 is 0 Å². The van der Waals surface area contributed by atoms with Gasteiger partial charge in [-0.15, -0.1) is 0 Å². The maximum absolute atomic E-state index is 13.8. The van der Waals surface area contributed by atoms with Gasteiger partial charge < -0.3 is 14.4 Å². The first-order chi connectivity index (χ1) is 19.4. The highest BCUT2D eigenvalue weighted by Gasteiger charge is 2.20. The van der Waals surface area contributed by atoms with Gasteiger partial charge in [-0.2, -0.15) is 5.10 Å². The third-order valence-corrected chi connectivity index (χ3v) is 7.35. The number of rotatable bonds is 13. The van der Waals surface area contributed by atoms with Crippen molar-refractivity contribution in [1.82, 2.24) is 19.4 Å². The molecule has 7 nitrogen and oxygen atoms in total. The second kappa shape index (κ2) is 14.5. The van der Waals surface area contributed by atoms with Crippen molar-refractivity contribution in [2.24, 2.45) is 11.8 Å². The lowest BCUT2D eigenvalue weighted by molar-refractivity contribution is 0.0435. The third-order valence-electron chi connectivity index (χ3n) is 7.35. The number of nitrogens with zero attached hydrogens (tertiary/aromatic N) is 4. The lowest BCUT2D eigenvalue weighted by Gasteiger charge is -2.25. The van der Waals surface area contributed by atoms with Crippen molar-refractivity contribution >= 4 is 17.5 Å². The van der Waals surface area contributed by atoms with E-state index in [9.17, 15) is 4.79 Å². The molecule has 0 N–H and O–H groups in total. The predicted octanol–water partition coefficient (Wildman–Crippen LogP) is 6.28. The highest BCUT2D eigenvalue weighted by atomic mass is 16.5. The van der Waals surface area contributed by atoms with Gasteiger partial charge in [-0.05, 0) is 68.0 Å². The van der Waals surface area contributed by atoms with Crippen LogP contribution in [0.1, 0.15) is 63.4 Å². The quantitative estimate of drug-likeness (QED) is 0.253. The van der Waals surface area contributed by atoms with Crippen LogP contribution in [-0.2, 0) is 4.74 Å². The van der Waals surface area contributed by atoms with Crippen LogP contribution in [0.5, 0.6) is 5.75 Å². The van der Waals surface area contributed by atoms with Crippen LogP contribution in [0.2, 0.25) is 0 Å². The Morgan fingerprint density at radius 1 is 1.05 bits per heavy atom. The Hall–Kier alpha value is -3.16. The SMILES string of the molecule is CCOc1ccc(-c2nn3ccc(C(=O)N(CCC(C)C)CCC(C)C)cc3c2/C=C/CN2CCOCC2)cc1. The minimum absolute atomic E-state index is 0.0934. The molecule has 3 heterocycles. The van der Waals surface area contributed by atoms with E-state index in [2.05, 4.69) is 56.9 Å². The first-order valence-corrected chi connectivity index (χ1v) is 14.9. The number of aromatic nitrogens is 2. The van der Waals surface area contributed by atoms with Crippen LogP contribution in [0.4, 0.5) is 0 Å². The van der Waals surface area contributed by atoms with Crippen LogP contribution in [-0.4, -0.2) is 77.9 Å². The molecule has 3 aromatic rings. The van der Waals surface area contributed by atoms with E-state index >= 15 is 0 Å². The number of amides is 1. The predicted molar refractivity (Wildman–Crippen MR) is 163 cm³/mol. The summed E-state index contributed by atoms with van der Waals surface area (Å²) < 4.78 is 13.1. The number of hydrogen-bond acceptors (Lipinski definition) is 5. The van der Waals surface area contributed by atoms with E-state index in [0.29, 0.717) is 24.0 Å². The molecule has 0 spiro atoms. The number of pyridine rings is 1. The monoisotopic (exact) mass is 546 g/mol. The van der Waals surface area contributed by atoms with Crippen molar-refractivity contribution in [3.05, 3.63) is 59.8 Å². The largest absolute Gasteiger partial charge is 0.494 e. The second-order valence-electron chi connectivity index (χ2n) is 11.4. The molecule has 1 aliphatic rings. The van der Waals surface area contributed by atoms with Gasteiger partial charge in [-0.3, -0.25) is 9.69 Å². The molecule has 4 rings (SSSR count). The smallest absolute Gasteiger partial charge is 0.253 e. The normalized spacial score (nSPS) is 14.6. The molecule has 0 saturated carbocycles. The minimum Gasteiger partial charge on any atom is -0.494 e. The summed E-state index contributed by atoms with van der Waals surface area (Å²) in [6.07, 6.45) is 8.27. The number of benzene rings is 1. The molecule has 7 heteroatoms. The summed E-state index contributed by atoms with van der Waals surface area (Å²) in [4.78, 5) is 18.2. The standard InChI is InChI=1S/C33H46N4O3/c1-6-40-29-11-9-27(10-12-29)32-30(8-7-16-35-20-22-39-23-21-35)31-24-28(15-19-37(31)34-32)33(38)36(17-13-25(2)3)18-14-26(4)5/h7-12,15,19,24-26H,6,13-14,16-18,20-23H2,1-5H3/b8-7+. The fraction of sp³-hybridized carbons (Fsp3) is 0.515. The second-order valence-corrected chi connectivity index (χ2v) is 11.4. The molecular formula is C33H46N4O3. The Balaban J connectivity index is 1.69. The van der Waals surface area contributed by atoms with Crippen molar-refractivity contribution in [3.8, 4) is 17.0 Å². The Morgan fingerprint density at radius 2 is 1.73 bits per heavy atom. The van der Waals surface area contributed by atoms with E-state index in [1.165, 1.54) is 0 Å². The van der Waals surface area contributed by atoms with Crippen LogP contribution < -0.4 is 4.74 Å². The molecule has 1 saturated heterocycles. The number of hydrogen-bond donors (Lipinski definition) is 0. The summed E-state index contributed by atoms with van der Waals surface area (Å²) in [5.74, 6) is 2.03. The maximum Gasteiger partial charge on any atom is 0.253 e. The number of morpholine rings is 1. The molecule has 1 fully saturated rings. The van der Waals surface area contributed by atoms with Gasteiger partial charge in [0.1, 0.15) is 11.4 Å². The zero-order chi connectivity index (χ0) is 28.5. The van der Waals surface area contributed by atoms with E-state index in [1.54, 1.807) is 0 Å². The molecule has 0 radical (unpaired) electrons. The van der Waals surface area contributed by atoms with E-state index in [0.717, 1.165) is 86.9 Å². The van der Waals surface area contributed by atoms with Crippen LogP contribution in [0.25, 0.3) is 22.9 Å². The zero-order valence-electron chi connectivity index (χ0n) is 24.9. The number of ether oxygens (including phenoxy) is 2. The van der Waals surface area contributed by atoms with Gasteiger partial charge in [0.25, 0.3) is 5.91 Å². The molecule has 1 amide bonds. The van der Waals surface area contributed by atoms with Crippen molar-refractivity contribution in [2.75, 3.05) is 52.5 Å². The van der Waals surface area contributed by atoms with Crippen molar-refractivity contribution < 1.29 is 14.3 Å². The van der Waals surface area contributed by atoms with Crippen LogP contribution in [0, 0.1) is 11.8 Å². The van der Waals surface area contributed by atoms with Crippen LogP contribution in [0.15, 0.2) is 48.7 Å². The minimum atomic E-state index is 0.0934. The Labute approximate surface area is 239 Å². The average Bonchev–Trinajstić information content (AvgIpc) is 3.31. The first-order valence-electron chi connectivity index (χ1n) is 14.9. The van der Waals surface area contributed by atoms with Gasteiger partial charge in [-0.1, -0.05) is 39.8 Å². The fourth-order valence-corrected chi connectivity index (χ4v) is 4.88. The van der Waals surface area contributed by atoms with Gasteiger partial charge in [0.2, 0.25) is 0 Å². The maximum atomic E-state index is 13.8. The molecule has 2 aromatic heterocycles. The van der Waals surface area contributed by atoms with E-state index in [-0.39, 0.29) is 5.91 Å². The molecule has 0 bridgehead atoms. The third kappa shape index (κ3) is 7.95. The van der Waals surface area contributed by atoms with Crippen LogP contribution in [0.3, 0.4) is 0 Å². The van der Waals surface area contributed by atoms with Crippen molar-refractivity contribution in [3.63, 3.8) is 0 Å². The Morgan fingerprint density at radius 3 is 2.35 bits per heavy atom. The number of carbonyl (C=O) groups is 1. The van der Waals surface area contributed by atoms with E-state index in [4.69, 9.17) is 14.6 Å². The highest BCUT2D eigenvalue weighted by Crippen LogP contribution is 2.30. The lowest BCUT2D eigenvalue weighted by Crippen LogP contribution is -2.36. The van der Waals surface area contributed by atoms with E-state index in [1.807, 2.05) is 46.8 Å². The summed E-state index contributed by atoms with van der Waals surface area (Å²) in [5.41, 5.74) is 4.56. The van der Waals surface area contributed by atoms with Gasteiger partial charge in [0.15, 0.2) is 0 Å². The molecule has 216 valence electrons. The summed E-state index contributed by atoms with van der Waals surface area (Å²) in [6.45, 7) is 17.3. The summed E-state index contributed by atoms with van der Waals surface area (Å²) in [6, 6.07) is 12.0. The number of carbonyl (C=O) groups excluding carboxylic acids is 1. The topological polar surface area (TPSA) is 59.3 Å². The molecule has 1 aromatic carbocycles. The highest BCUT2D eigenvalue weighted by molar-refractivity contribution is 5.96. The molecule has 40 heavy (non-hydrogen) atoms. The van der Waals surface area contributed by atoms with Gasteiger partial charge in [-0.25, -0.2) is 4.52 Å². The van der Waals surface area contributed by atoms with Crippen molar-refractivity contribution in [2.45, 2.75) is 47.5 Å². The van der Waals surface area contributed by atoms with Crippen LogP contribution >= 0.6 is 0 Å². The lowest BCUT2D eigenvalue weighted by atomic mass is 10.0. The van der Waals surface area contributed by atoms with Crippen molar-refractivity contribution in [1.29, 1.82) is 0 Å². The fourth-order valence-electron chi connectivity index (χ4n) is 4.88. The summed E-state index contributed by atoms with van der Waals surface area (Å²) in [7, 11) is 0. The molecule has 0 aliphatic carbocycles. The zero-order valence-corrected chi connectivity index (χ0v) is 24.9. The van der Waals surface area contributed by atoms with Gasteiger partial charge in [0.05, 0.1) is 25.3 Å². The average molecular weight is 547 g/mol. The molecular weight excluding hydrogens is 500 g/mol. The molecule has 1 aliphatic heterocycles. The summed E-state index contributed by atoms with van der Waals surface area (Å²) in [5, 5.41) is 4.95. The molecule has 0 atom stereocenters. The molecule has 0 unspecified atom stereocenters. The number of fused-ring (bicyclic) bond motifs is 1. The van der Waals surface area contributed by atoms with Gasteiger partial charge in [0, 0.05) is 55.6 Å².